The first-order valence-electron chi connectivity index (χ1n) is 4.40. The number of ether oxygens (including phenoxy) is 1. The first kappa shape index (κ1) is 8.70. The van der Waals surface area contributed by atoms with Gasteiger partial charge in [-0.2, -0.15) is 0 Å². The van der Waals surface area contributed by atoms with Crippen molar-refractivity contribution >= 4 is 17.3 Å². The van der Waals surface area contributed by atoms with Crippen molar-refractivity contribution in [1.29, 1.82) is 0 Å². The van der Waals surface area contributed by atoms with Crippen molar-refractivity contribution in [3.05, 3.63) is 23.2 Å². The van der Waals surface area contributed by atoms with Gasteiger partial charge in [-0.15, -0.1) is 0 Å². The number of benzene rings is 1. The van der Waals surface area contributed by atoms with E-state index in [2.05, 4.69) is 12.2 Å². The van der Waals surface area contributed by atoms with Gasteiger partial charge >= 0.3 is 0 Å². The third-order valence-corrected chi connectivity index (χ3v) is 2.66. The normalized spacial score (nSPS) is 25.8. The van der Waals surface area contributed by atoms with E-state index in [-0.39, 0.29) is 6.10 Å². The van der Waals surface area contributed by atoms with Crippen LogP contribution in [0.25, 0.3) is 0 Å². The third kappa shape index (κ3) is 1.46. The molecule has 0 saturated heterocycles. The van der Waals surface area contributed by atoms with E-state index in [0.717, 1.165) is 11.4 Å². The zero-order chi connectivity index (χ0) is 9.42. The highest BCUT2D eigenvalue weighted by Gasteiger charge is 2.23. The van der Waals surface area contributed by atoms with Crippen LogP contribution in [-0.4, -0.2) is 12.1 Å². The van der Waals surface area contributed by atoms with Gasteiger partial charge in [-0.1, -0.05) is 17.7 Å². The number of hydrogen-bond donors (Lipinski definition) is 1. The number of nitrogens with one attached hydrogen (secondary N) is 1. The average molecular weight is 198 g/mol. The zero-order valence-corrected chi connectivity index (χ0v) is 8.43. The summed E-state index contributed by atoms with van der Waals surface area (Å²) in [5, 5.41) is 4.01. The van der Waals surface area contributed by atoms with Crippen molar-refractivity contribution in [3.8, 4) is 5.75 Å². The Kier molecular flexibility index (Phi) is 2.08. The summed E-state index contributed by atoms with van der Waals surface area (Å²) in [6.07, 6.45) is 0.160. The van der Waals surface area contributed by atoms with E-state index in [0.29, 0.717) is 11.1 Å². The van der Waals surface area contributed by atoms with Crippen LogP contribution in [-0.2, 0) is 0 Å². The molecular formula is C10H12ClNO. The molecule has 0 spiro atoms. The van der Waals surface area contributed by atoms with Gasteiger partial charge in [0.15, 0.2) is 5.75 Å². The lowest BCUT2D eigenvalue weighted by atomic mass is 10.1. The van der Waals surface area contributed by atoms with Gasteiger partial charge in [0.1, 0.15) is 6.10 Å². The second-order valence-electron chi connectivity index (χ2n) is 3.37. The number of anilines is 1. The summed E-state index contributed by atoms with van der Waals surface area (Å²) >= 11 is 5.99. The highest BCUT2D eigenvalue weighted by molar-refractivity contribution is 6.32. The second-order valence-corrected chi connectivity index (χ2v) is 3.78. The maximum Gasteiger partial charge on any atom is 0.161 e. The number of fused-ring (bicyclic) bond motifs is 1. The summed E-state index contributed by atoms with van der Waals surface area (Å²) in [4.78, 5) is 0. The Morgan fingerprint density at radius 2 is 2.15 bits per heavy atom. The van der Waals surface area contributed by atoms with Gasteiger partial charge in [-0.3, -0.25) is 0 Å². The smallest absolute Gasteiger partial charge is 0.161 e. The SMILES string of the molecule is CC1Nc2cccc(Cl)c2OC1C. The zero-order valence-electron chi connectivity index (χ0n) is 7.67. The van der Waals surface area contributed by atoms with Crippen molar-refractivity contribution < 1.29 is 4.74 Å². The summed E-state index contributed by atoms with van der Waals surface area (Å²) in [6, 6.07) is 6.06. The van der Waals surface area contributed by atoms with E-state index in [9.17, 15) is 0 Å². The lowest BCUT2D eigenvalue weighted by Crippen LogP contribution is -2.36. The van der Waals surface area contributed by atoms with Crippen LogP contribution in [0.5, 0.6) is 5.75 Å². The molecule has 2 atom stereocenters. The summed E-state index contributed by atoms with van der Waals surface area (Å²) in [7, 11) is 0. The van der Waals surface area contributed by atoms with Gasteiger partial charge in [0.25, 0.3) is 0 Å². The molecular weight excluding hydrogens is 186 g/mol. The number of para-hydroxylation sites is 1. The van der Waals surface area contributed by atoms with Gasteiger partial charge in [0, 0.05) is 0 Å². The molecule has 0 bridgehead atoms. The molecule has 0 aliphatic carbocycles. The van der Waals surface area contributed by atoms with E-state index in [4.69, 9.17) is 16.3 Å². The Labute approximate surface area is 82.9 Å². The van der Waals surface area contributed by atoms with Crippen LogP contribution in [0.15, 0.2) is 18.2 Å². The minimum atomic E-state index is 0.160. The van der Waals surface area contributed by atoms with Crippen molar-refractivity contribution in [2.45, 2.75) is 26.0 Å². The Bertz CT molecular complexity index is 327. The number of halogens is 1. The molecule has 0 fully saturated rings. The Balaban J connectivity index is 2.42. The lowest BCUT2D eigenvalue weighted by Gasteiger charge is -2.31. The van der Waals surface area contributed by atoms with E-state index in [1.807, 2.05) is 25.1 Å². The quantitative estimate of drug-likeness (QED) is 0.691. The van der Waals surface area contributed by atoms with Crippen molar-refractivity contribution in [1.82, 2.24) is 0 Å². The Morgan fingerprint density at radius 3 is 2.92 bits per heavy atom. The largest absolute Gasteiger partial charge is 0.485 e. The fourth-order valence-corrected chi connectivity index (χ4v) is 1.61. The molecule has 0 saturated carbocycles. The fraction of sp³-hybridized carbons (Fsp3) is 0.400. The monoisotopic (exact) mass is 197 g/mol. The molecule has 1 aliphatic rings. The fourth-order valence-electron chi connectivity index (χ4n) is 1.39. The molecule has 2 nitrogen and oxygen atoms in total. The molecule has 3 heteroatoms. The molecule has 70 valence electrons. The molecule has 0 amide bonds. The lowest BCUT2D eigenvalue weighted by molar-refractivity contribution is 0.194. The Hall–Kier alpha value is -0.890. The van der Waals surface area contributed by atoms with Gasteiger partial charge in [-0.25, -0.2) is 0 Å². The maximum atomic E-state index is 5.99. The minimum Gasteiger partial charge on any atom is -0.485 e. The van der Waals surface area contributed by atoms with Crippen LogP contribution in [0.1, 0.15) is 13.8 Å². The van der Waals surface area contributed by atoms with Gasteiger partial charge in [-0.05, 0) is 26.0 Å². The molecule has 1 heterocycles. The van der Waals surface area contributed by atoms with Gasteiger partial charge in [0.2, 0.25) is 0 Å². The highest BCUT2D eigenvalue weighted by Crippen LogP contribution is 2.37. The van der Waals surface area contributed by atoms with Crippen LogP contribution < -0.4 is 10.1 Å². The number of rotatable bonds is 0. The van der Waals surface area contributed by atoms with Crippen LogP contribution in [0.4, 0.5) is 5.69 Å². The predicted molar refractivity (Wildman–Crippen MR) is 54.6 cm³/mol. The molecule has 0 aromatic heterocycles. The molecule has 1 aromatic rings. The molecule has 2 rings (SSSR count). The first-order valence-corrected chi connectivity index (χ1v) is 4.78. The van der Waals surface area contributed by atoms with Crippen LogP contribution >= 0.6 is 11.6 Å². The van der Waals surface area contributed by atoms with Crippen LogP contribution in [0.3, 0.4) is 0 Å². The summed E-state index contributed by atoms with van der Waals surface area (Å²) in [5.41, 5.74) is 0.984. The molecule has 0 radical (unpaired) electrons. The first-order chi connectivity index (χ1) is 6.18. The predicted octanol–water partition coefficient (Wildman–Crippen LogP) is 2.92. The summed E-state index contributed by atoms with van der Waals surface area (Å²) < 4.78 is 5.68. The molecule has 1 aromatic carbocycles. The van der Waals surface area contributed by atoms with Crippen LogP contribution in [0, 0.1) is 0 Å². The number of hydrogen-bond acceptors (Lipinski definition) is 2. The van der Waals surface area contributed by atoms with E-state index >= 15 is 0 Å². The van der Waals surface area contributed by atoms with E-state index < -0.39 is 0 Å². The topological polar surface area (TPSA) is 21.3 Å². The molecule has 2 unspecified atom stereocenters. The third-order valence-electron chi connectivity index (χ3n) is 2.36. The minimum absolute atomic E-state index is 0.160. The summed E-state index contributed by atoms with van der Waals surface area (Å²) in [5.74, 6) is 0.773. The molecule has 13 heavy (non-hydrogen) atoms. The average Bonchev–Trinajstić information content (AvgIpc) is 2.09. The molecule has 1 N–H and O–H groups in total. The van der Waals surface area contributed by atoms with E-state index in [1.54, 1.807) is 0 Å². The van der Waals surface area contributed by atoms with Crippen LogP contribution in [0.2, 0.25) is 5.02 Å². The second kappa shape index (κ2) is 3.11. The van der Waals surface area contributed by atoms with Crippen molar-refractivity contribution in [2.75, 3.05) is 5.32 Å². The standard InChI is InChI=1S/C10H12ClNO/c1-6-7(2)13-10-8(11)4-3-5-9(10)12-6/h3-7,12H,1-2H3. The van der Waals surface area contributed by atoms with Crippen molar-refractivity contribution in [2.24, 2.45) is 0 Å². The summed E-state index contributed by atoms with van der Waals surface area (Å²) in [6.45, 7) is 4.12. The van der Waals surface area contributed by atoms with Gasteiger partial charge < -0.3 is 10.1 Å². The highest BCUT2D eigenvalue weighted by atomic mass is 35.5. The Morgan fingerprint density at radius 1 is 1.38 bits per heavy atom. The van der Waals surface area contributed by atoms with E-state index in [1.165, 1.54) is 0 Å². The maximum absolute atomic E-state index is 5.99. The van der Waals surface area contributed by atoms with Gasteiger partial charge in [0.05, 0.1) is 16.8 Å². The van der Waals surface area contributed by atoms with Crippen molar-refractivity contribution in [3.63, 3.8) is 0 Å². The molecule has 1 aliphatic heterocycles.